The summed E-state index contributed by atoms with van der Waals surface area (Å²) in [6, 6.07) is 0.213. The summed E-state index contributed by atoms with van der Waals surface area (Å²) in [4.78, 5) is 10.6. The van der Waals surface area contributed by atoms with Gasteiger partial charge in [-0.15, -0.1) is 0 Å². The predicted molar refractivity (Wildman–Crippen MR) is 50.1 cm³/mol. The van der Waals surface area contributed by atoms with Gasteiger partial charge in [-0.25, -0.2) is 0 Å². The van der Waals surface area contributed by atoms with Crippen LogP contribution in [0.5, 0.6) is 0 Å². The molecular formula is C9H18N2O2. The van der Waals surface area contributed by atoms with Gasteiger partial charge in [-0.05, 0) is 26.2 Å². The van der Waals surface area contributed by atoms with Gasteiger partial charge < -0.3 is 16.2 Å². The van der Waals surface area contributed by atoms with E-state index in [0.717, 1.165) is 19.3 Å². The molecule has 0 bridgehead atoms. The van der Waals surface area contributed by atoms with E-state index in [1.54, 1.807) is 0 Å². The summed E-state index contributed by atoms with van der Waals surface area (Å²) in [5, 5.41) is 12.7. The van der Waals surface area contributed by atoms with Gasteiger partial charge in [0.1, 0.15) is 0 Å². The Bertz CT molecular complexity index is 184. The highest BCUT2D eigenvalue weighted by molar-refractivity contribution is 5.74. The smallest absolute Gasteiger partial charge is 0.218 e. The first-order valence-corrected chi connectivity index (χ1v) is 4.82. The van der Waals surface area contributed by atoms with E-state index in [1.807, 2.05) is 6.92 Å². The second kappa shape index (κ2) is 4.58. The number of rotatable bonds is 4. The Labute approximate surface area is 78.5 Å². The predicted octanol–water partition coefficient (Wildman–Crippen LogP) is -0.247. The van der Waals surface area contributed by atoms with E-state index in [2.05, 4.69) is 5.32 Å². The lowest BCUT2D eigenvalue weighted by Gasteiger charge is -2.20. The van der Waals surface area contributed by atoms with E-state index in [-0.39, 0.29) is 24.1 Å². The molecule has 1 aliphatic rings. The summed E-state index contributed by atoms with van der Waals surface area (Å²) in [7, 11) is 0. The first kappa shape index (κ1) is 10.5. The molecular weight excluding hydrogens is 168 g/mol. The van der Waals surface area contributed by atoms with Crippen molar-refractivity contribution in [3.05, 3.63) is 0 Å². The zero-order chi connectivity index (χ0) is 9.84. The topological polar surface area (TPSA) is 75.4 Å². The maximum absolute atomic E-state index is 10.6. The van der Waals surface area contributed by atoms with Crippen LogP contribution in [-0.2, 0) is 4.79 Å². The van der Waals surface area contributed by atoms with E-state index in [4.69, 9.17) is 5.73 Å². The lowest BCUT2D eigenvalue weighted by Crippen LogP contribution is -2.42. The van der Waals surface area contributed by atoms with Gasteiger partial charge in [-0.2, -0.15) is 0 Å². The fourth-order valence-corrected chi connectivity index (χ4v) is 1.86. The highest BCUT2D eigenvalue weighted by Gasteiger charge is 2.26. The third kappa shape index (κ3) is 3.32. The van der Waals surface area contributed by atoms with Crippen molar-refractivity contribution in [3.63, 3.8) is 0 Å². The number of nitrogens with two attached hydrogens (primary N) is 1. The Kier molecular flexibility index (Phi) is 3.69. The van der Waals surface area contributed by atoms with Crippen LogP contribution in [0.25, 0.3) is 0 Å². The molecule has 76 valence electrons. The molecule has 4 nitrogen and oxygen atoms in total. The molecule has 1 amide bonds. The van der Waals surface area contributed by atoms with Gasteiger partial charge in [0, 0.05) is 18.5 Å². The third-order valence-corrected chi connectivity index (χ3v) is 2.49. The molecule has 0 spiro atoms. The molecule has 0 aromatic heterocycles. The van der Waals surface area contributed by atoms with Crippen molar-refractivity contribution in [2.45, 2.75) is 50.8 Å². The normalized spacial score (nSPS) is 30.3. The van der Waals surface area contributed by atoms with Gasteiger partial charge >= 0.3 is 0 Å². The quantitative estimate of drug-likeness (QED) is 0.567. The van der Waals surface area contributed by atoms with Crippen molar-refractivity contribution < 1.29 is 9.90 Å². The van der Waals surface area contributed by atoms with Crippen LogP contribution in [0.1, 0.15) is 32.6 Å². The van der Waals surface area contributed by atoms with Crippen molar-refractivity contribution >= 4 is 5.91 Å². The van der Waals surface area contributed by atoms with Crippen LogP contribution in [0, 0.1) is 0 Å². The number of carbonyl (C=O) groups excluding carboxylic acids is 1. The maximum atomic E-state index is 10.6. The van der Waals surface area contributed by atoms with Gasteiger partial charge in [0.25, 0.3) is 0 Å². The van der Waals surface area contributed by atoms with Crippen molar-refractivity contribution in [3.8, 4) is 0 Å². The number of hydrogen-bond donors (Lipinski definition) is 3. The SMILES string of the molecule is CC(CC(N)=O)N[C@H]1CCC[C@@H]1O. The molecule has 1 rings (SSSR count). The Morgan fingerprint density at radius 1 is 1.69 bits per heavy atom. The maximum Gasteiger partial charge on any atom is 0.218 e. The molecule has 4 heteroatoms. The van der Waals surface area contributed by atoms with Gasteiger partial charge in [0.15, 0.2) is 0 Å². The van der Waals surface area contributed by atoms with Crippen molar-refractivity contribution in [1.82, 2.24) is 5.32 Å². The average Bonchev–Trinajstić information content (AvgIpc) is 2.34. The standard InChI is InChI=1S/C9H18N2O2/c1-6(5-9(10)13)11-7-3-2-4-8(7)12/h6-8,11-12H,2-5H2,1H3,(H2,10,13)/t6?,7-,8-/m0/s1. The van der Waals surface area contributed by atoms with Gasteiger partial charge in [-0.3, -0.25) is 4.79 Å². The number of carbonyl (C=O) groups is 1. The van der Waals surface area contributed by atoms with E-state index >= 15 is 0 Å². The fraction of sp³-hybridized carbons (Fsp3) is 0.889. The summed E-state index contributed by atoms with van der Waals surface area (Å²) in [6.45, 7) is 1.91. The van der Waals surface area contributed by atoms with Crippen molar-refractivity contribution in [2.24, 2.45) is 5.73 Å². The van der Waals surface area contributed by atoms with Crippen LogP contribution >= 0.6 is 0 Å². The Morgan fingerprint density at radius 3 is 2.85 bits per heavy atom. The minimum atomic E-state index is -0.299. The number of hydrogen-bond acceptors (Lipinski definition) is 3. The van der Waals surface area contributed by atoms with Crippen molar-refractivity contribution in [2.75, 3.05) is 0 Å². The van der Waals surface area contributed by atoms with E-state index in [0.29, 0.717) is 6.42 Å². The molecule has 4 N–H and O–H groups in total. The minimum absolute atomic E-state index is 0.0650. The van der Waals surface area contributed by atoms with Crippen LogP contribution < -0.4 is 11.1 Å². The number of aliphatic hydroxyl groups excluding tert-OH is 1. The summed E-state index contributed by atoms with van der Waals surface area (Å²) in [6.07, 6.45) is 2.99. The van der Waals surface area contributed by atoms with Crippen molar-refractivity contribution in [1.29, 1.82) is 0 Å². The third-order valence-electron chi connectivity index (χ3n) is 2.49. The molecule has 0 saturated heterocycles. The summed E-state index contributed by atoms with van der Waals surface area (Å²) < 4.78 is 0. The van der Waals surface area contributed by atoms with Gasteiger partial charge in [0.2, 0.25) is 5.91 Å². The van der Waals surface area contributed by atoms with Crippen LogP contribution in [0.4, 0.5) is 0 Å². The van der Waals surface area contributed by atoms with E-state index in [1.165, 1.54) is 0 Å². The first-order valence-electron chi connectivity index (χ1n) is 4.82. The molecule has 3 atom stereocenters. The Hall–Kier alpha value is -0.610. The molecule has 0 heterocycles. The number of nitrogens with one attached hydrogen (secondary N) is 1. The average molecular weight is 186 g/mol. The molecule has 1 saturated carbocycles. The highest BCUT2D eigenvalue weighted by Crippen LogP contribution is 2.19. The largest absolute Gasteiger partial charge is 0.392 e. The van der Waals surface area contributed by atoms with Crippen LogP contribution in [0.3, 0.4) is 0 Å². The van der Waals surface area contributed by atoms with E-state index in [9.17, 15) is 9.90 Å². The molecule has 1 unspecified atom stereocenters. The lowest BCUT2D eigenvalue weighted by atomic mass is 10.1. The zero-order valence-electron chi connectivity index (χ0n) is 7.99. The fourth-order valence-electron chi connectivity index (χ4n) is 1.86. The minimum Gasteiger partial charge on any atom is -0.392 e. The molecule has 0 radical (unpaired) electrons. The van der Waals surface area contributed by atoms with Crippen LogP contribution in [-0.4, -0.2) is 29.2 Å². The Morgan fingerprint density at radius 2 is 2.38 bits per heavy atom. The number of primary amides is 1. The number of aliphatic hydroxyl groups is 1. The van der Waals surface area contributed by atoms with Crippen LogP contribution in [0.15, 0.2) is 0 Å². The lowest BCUT2D eigenvalue weighted by molar-refractivity contribution is -0.118. The molecule has 0 aliphatic heterocycles. The van der Waals surface area contributed by atoms with E-state index < -0.39 is 0 Å². The molecule has 1 aliphatic carbocycles. The highest BCUT2D eigenvalue weighted by atomic mass is 16.3. The molecule has 0 aromatic rings. The Balaban J connectivity index is 2.26. The number of amides is 1. The zero-order valence-corrected chi connectivity index (χ0v) is 7.99. The van der Waals surface area contributed by atoms with Crippen LogP contribution in [0.2, 0.25) is 0 Å². The second-order valence-electron chi connectivity index (χ2n) is 3.84. The summed E-state index contributed by atoms with van der Waals surface area (Å²) >= 11 is 0. The van der Waals surface area contributed by atoms with Gasteiger partial charge in [-0.1, -0.05) is 0 Å². The second-order valence-corrected chi connectivity index (χ2v) is 3.84. The molecule has 1 fully saturated rings. The molecule has 0 aromatic carbocycles. The van der Waals surface area contributed by atoms with Gasteiger partial charge in [0.05, 0.1) is 6.10 Å². The summed E-state index contributed by atoms with van der Waals surface area (Å²) in [5.74, 6) is -0.299. The summed E-state index contributed by atoms with van der Waals surface area (Å²) in [5.41, 5.74) is 5.06. The molecule has 13 heavy (non-hydrogen) atoms. The first-order chi connectivity index (χ1) is 6.09. The monoisotopic (exact) mass is 186 g/mol.